The number of rotatable bonds is 4. The van der Waals surface area contributed by atoms with Crippen molar-refractivity contribution in [3.05, 3.63) is 46.3 Å². The predicted molar refractivity (Wildman–Crippen MR) is 116 cm³/mol. The summed E-state index contributed by atoms with van der Waals surface area (Å²) in [6, 6.07) is 5.56. The van der Waals surface area contributed by atoms with Crippen molar-refractivity contribution >= 4 is 11.4 Å². The first-order chi connectivity index (χ1) is 14.6. The lowest BCUT2D eigenvalue weighted by molar-refractivity contribution is -0.168. The molecule has 2 aliphatic heterocycles. The average Bonchev–Trinajstić information content (AvgIpc) is 2.69. The third-order valence-corrected chi connectivity index (χ3v) is 6.28. The maximum Gasteiger partial charge on any atom is 0.415 e. The molecule has 0 aliphatic carbocycles. The second kappa shape index (κ2) is 7.84. The number of anilines is 2. The van der Waals surface area contributed by atoms with E-state index in [1.807, 2.05) is 6.92 Å². The van der Waals surface area contributed by atoms with Crippen LogP contribution in [0.3, 0.4) is 0 Å². The highest BCUT2D eigenvalue weighted by atomic mass is 19.3. The van der Waals surface area contributed by atoms with Gasteiger partial charge in [0.25, 0.3) is 0 Å². The smallest absolute Gasteiger partial charge is 0.415 e. The van der Waals surface area contributed by atoms with Gasteiger partial charge in [0.2, 0.25) is 0 Å². The van der Waals surface area contributed by atoms with E-state index in [2.05, 4.69) is 48.3 Å². The normalized spacial score (nSPS) is 20.0. The number of nitrogens with one attached hydrogen (secondary N) is 2. The molecule has 2 heterocycles. The van der Waals surface area contributed by atoms with Crippen LogP contribution in [0.15, 0.2) is 18.2 Å². The van der Waals surface area contributed by atoms with E-state index in [9.17, 15) is 13.2 Å². The Labute approximate surface area is 181 Å². The van der Waals surface area contributed by atoms with Crippen LogP contribution in [0.4, 0.5) is 24.5 Å². The van der Waals surface area contributed by atoms with Crippen molar-refractivity contribution in [2.75, 3.05) is 23.8 Å². The summed E-state index contributed by atoms with van der Waals surface area (Å²) in [7, 11) is 0. The number of fused-ring (bicyclic) bond motifs is 2. The number of ether oxygens (including phenoxy) is 2. The van der Waals surface area contributed by atoms with E-state index < -0.39 is 24.2 Å². The van der Waals surface area contributed by atoms with E-state index in [1.165, 1.54) is 11.6 Å². The second-order valence-corrected chi connectivity index (χ2v) is 8.97. The zero-order valence-corrected chi connectivity index (χ0v) is 18.5. The lowest BCUT2D eigenvalue weighted by Gasteiger charge is -2.33. The molecule has 0 aromatic heterocycles. The monoisotopic (exact) mass is 434 g/mol. The molecule has 4 nitrogen and oxygen atoms in total. The summed E-state index contributed by atoms with van der Waals surface area (Å²) in [5.41, 5.74) is 5.21. The third-order valence-electron chi connectivity index (χ3n) is 6.28. The lowest BCUT2D eigenvalue weighted by Crippen LogP contribution is -2.38. The van der Waals surface area contributed by atoms with Gasteiger partial charge in [0.1, 0.15) is 18.9 Å². The average molecular weight is 435 g/mol. The van der Waals surface area contributed by atoms with Crippen molar-refractivity contribution < 1.29 is 22.6 Å². The maximum atomic E-state index is 14.6. The van der Waals surface area contributed by atoms with Crippen molar-refractivity contribution in [3.63, 3.8) is 0 Å². The zero-order valence-electron chi connectivity index (χ0n) is 18.5. The quantitative estimate of drug-likeness (QED) is 0.590. The number of halogens is 3. The molecule has 31 heavy (non-hydrogen) atoms. The van der Waals surface area contributed by atoms with Gasteiger partial charge in [-0.15, -0.1) is 0 Å². The Morgan fingerprint density at radius 1 is 1.10 bits per heavy atom. The highest BCUT2D eigenvalue weighted by Gasteiger charge is 2.39. The van der Waals surface area contributed by atoms with E-state index in [-0.39, 0.29) is 12.0 Å². The number of hydrogen-bond acceptors (Lipinski definition) is 4. The van der Waals surface area contributed by atoms with Gasteiger partial charge in [0.15, 0.2) is 11.6 Å². The molecule has 4 rings (SSSR count). The fraction of sp³-hybridized carbons (Fsp3) is 0.500. The number of benzene rings is 2. The summed E-state index contributed by atoms with van der Waals surface area (Å²) < 4.78 is 52.3. The van der Waals surface area contributed by atoms with Gasteiger partial charge in [-0.1, -0.05) is 26.8 Å². The second-order valence-electron chi connectivity index (χ2n) is 8.97. The van der Waals surface area contributed by atoms with Gasteiger partial charge in [-0.25, -0.2) is 4.39 Å². The molecule has 2 N–H and O–H groups in total. The topological polar surface area (TPSA) is 42.5 Å². The summed E-state index contributed by atoms with van der Waals surface area (Å²) in [5.74, 6) is 0.126. The summed E-state index contributed by atoms with van der Waals surface area (Å²) in [6.45, 7) is 10.1. The Morgan fingerprint density at radius 2 is 1.84 bits per heavy atom. The lowest BCUT2D eigenvalue weighted by atomic mass is 9.88. The Bertz CT molecular complexity index is 1010. The third kappa shape index (κ3) is 4.02. The molecule has 2 unspecified atom stereocenters. The van der Waals surface area contributed by atoms with Crippen LogP contribution in [0.25, 0.3) is 0 Å². The Balaban J connectivity index is 1.53. The largest absolute Gasteiger partial charge is 0.489 e. The number of hydrogen-bond donors (Lipinski definition) is 2. The highest BCUT2D eigenvalue weighted by molar-refractivity contribution is 5.67. The fourth-order valence-corrected chi connectivity index (χ4v) is 4.70. The maximum absolute atomic E-state index is 14.6. The molecule has 0 saturated carbocycles. The molecule has 2 atom stereocenters. The van der Waals surface area contributed by atoms with Gasteiger partial charge >= 0.3 is 6.11 Å². The minimum absolute atomic E-state index is 0.0114. The van der Waals surface area contributed by atoms with Gasteiger partial charge in [-0.05, 0) is 66.5 Å². The Kier molecular flexibility index (Phi) is 5.48. The molecule has 0 radical (unpaired) electrons. The Morgan fingerprint density at radius 3 is 2.55 bits per heavy atom. The SMILES string of the molecule is Cc1c(C(C)CC2COc3c(ccc(C(C)C)c3C)N2)cc(F)c2c1NCC(F)(F)O2. The molecule has 168 valence electrons. The first-order valence-corrected chi connectivity index (χ1v) is 10.7. The van der Waals surface area contributed by atoms with E-state index >= 15 is 0 Å². The van der Waals surface area contributed by atoms with Gasteiger partial charge in [0, 0.05) is 0 Å². The molecule has 2 aromatic rings. The summed E-state index contributed by atoms with van der Waals surface area (Å²) in [5, 5.41) is 6.19. The molecule has 7 heteroatoms. The Hall–Kier alpha value is -2.57. The van der Waals surface area contributed by atoms with Crippen LogP contribution >= 0.6 is 0 Å². The van der Waals surface area contributed by atoms with Crippen LogP contribution < -0.4 is 20.1 Å². The van der Waals surface area contributed by atoms with E-state index in [4.69, 9.17) is 4.74 Å². The predicted octanol–water partition coefficient (Wildman–Crippen LogP) is 6.33. The van der Waals surface area contributed by atoms with Crippen molar-refractivity contribution in [1.82, 2.24) is 0 Å². The molecule has 0 bridgehead atoms. The molecule has 0 spiro atoms. The summed E-state index contributed by atoms with van der Waals surface area (Å²) in [6.07, 6.45) is -2.71. The van der Waals surface area contributed by atoms with E-state index in [1.54, 1.807) is 6.92 Å². The fourth-order valence-electron chi connectivity index (χ4n) is 4.70. The molecule has 2 aliphatic rings. The van der Waals surface area contributed by atoms with Gasteiger partial charge in [-0.3, -0.25) is 0 Å². The standard InChI is InChI=1S/C24H29F3N2O2/c1-12(2)17-6-7-20-22(15(17)5)30-10-16(29-20)8-13(3)18-9-19(25)23-21(14(18)4)28-11-24(26,27)31-23/h6-7,9,12-13,16,28-29H,8,10-11H2,1-5H3. The molecular formula is C24H29F3N2O2. The van der Waals surface area contributed by atoms with Crippen LogP contribution in [0.2, 0.25) is 0 Å². The molecule has 0 saturated heterocycles. The van der Waals surface area contributed by atoms with Crippen molar-refractivity contribution in [2.45, 2.75) is 65.0 Å². The van der Waals surface area contributed by atoms with Crippen LogP contribution in [-0.4, -0.2) is 25.3 Å². The minimum Gasteiger partial charge on any atom is -0.489 e. The van der Waals surface area contributed by atoms with E-state index in [0.29, 0.717) is 24.6 Å². The van der Waals surface area contributed by atoms with Crippen LogP contribution in [0.1, 0.15) is 61.3 Å². The molecule has 2 aromatic carbocycles. The van der Waals surface area contributed by atoms with Gasteiger partial charge in [-0.2, -0.15) is 8.78 Å². The first kappa shape index (κ1) is 21.7. The highest BCUT2D eigenvalue weighted by Crippen LogP contribution is 2.43. The summed E-state index contributed by atoms with van der Waals surface area (Å²) >= 11 is 0. The van der Waals surface area contributed by atoms with E-state index in [0.717, 1.165) is 28.1 Å². The molecular weight excluding hydrogens is 405 g/mol. The van der Waals surface area contributed by atoms with Crippen molar-refractivity contribution in [2.24, 2.45) is 0 Å². The molecule has 0 fully saturated rings. The van der Waals surface area contributed by atoms with Gasteiger partial charge in [0.05, 0.1) is 17.4 Å². The van der Waals surface area contributed by atoms with Crippen LogP contribution in [-0.2, 0) is 0 Å². The summed E-state index contributed by atoms with van der Waals surface area (Å²) in [4.78, 5) is 0. The van der Waals surface area contributed by atoms with Crippen LogP contribution in [0, 0.1) is 19.7 Å². The molecule has 0 amide bonds. The van der Waals surface area contributed by atoms with Crippen LogP contribution in [0.5, 0.6) is 11.5 Å². The van der Waals surface area contributed by atoms with Gasteiger partial charge < -0.3 is 20.1 Å². The number of alkyl halides is 2. The van der Waals surface area contributed by atoms with Crippen molar-refractivity contribution in [1.29, 1.82) is 0 Å². The van der Waals surface area contributed by atoms with Crippen molar-refractivity contribution in [3.8, 4) is 11.5 Å². The first-order valence-electron chi connectivity index (χ1n) is 10.7. The minimum atomic E-state index is -3.42. The zero-order chi connectivity index (χ0) is 22.5.